The molecule has 0 amide bonds. The second-order valence-electron chi connectivity index (χ2n) is 7.74. The van der Waals surface area contributed by atoms with Gasteiger partial charge in [-0.2, -0.15) is 4.98 Å². The molecule has 1 N–H and O–H groups in total. The molecule has 4 rings (SSSR count). The molecule has 0 spiro atoms. The predicted octanol–water partition coefficient (Wildman–Crippen LogP) is 6.32. The molecule has 1 aliphatic rings. The van der Waals surface area contributed by atoms with Gasteiger partial charge in [0.1, 0.15) is 5.82 Å². The number of hydrogen-bond acceptors (Lipinski definition) is 4. The summed E-state index contributed by atoms with van der Waals surface area (Å²) in [4.78, 5) is 11.9. The number of aryl methyl sites for hydroxylation is 4. The number of halogens is 2. The number of anilines is 3. The number of nitrogens with one attached hydrogen (secondary N) is 1. The van der Waals surface area contributed by atoms with Crippen LogP contribution in [-0.2, 0) is 13.0 Å². The molecule has 0 fully saturated rings. The Bertz CT molecular complexity index is 1070. The van der Waals surface area contributed by atoms with Crippen LogP contribution in [0, 0.1) is 27.7 Å². The molecule has 150 valence electrons. The normalized spacial score (nSPS) is 13.0. The summed E-state index contributed by atoms with van der Waals surface area (Å²) in [6.45, 7) is 9.98. The third-order valence-electron chi connectivity index (χ3n) is 5.41. The van der Waals surface area contributed by atoms with Gasteiger partial charge in [0.2, 0.25) is 5.95 Å². The van der Waals surface area contributed by atoms with Crippen molar-refractivity contribution in [3.05, 3.63) is 73.9 Å². The molecule has 2 aromatic carbocycles. The first-order valence-electron chi connectivity index (χ1n) is 9.73. The van der Waals surface area contributed by atoms with Crippen LogP contribution in [0.5, 0.6) is 0 Å². The van der Waals surface area contributed by atoms with Gasteiger partial charge < -0.3 is 10.2 Å². The van der Waals surface area contributed by atoms with E-state index in [0.29, 0.717) is 22.5 Å². The molecule has 0 atom stereocenters. The second kappa shape index (κ2) is 7.85. The Balaban J connectivity index is 1.65. The van der Waals surface area contributed by atoms with E-state index in [4.69, 9.17) is 33.2 Å². The lowest BCUT2D eigenvalue weighted by molar-refractivity contribution is 0.826. The number of rotatable bonds is 4. The van der Waals surface area contributed by atoms with Crippen molar-refractivity contribution in [3.63, 3.8) is 0 Å². The van der Waals surface area contributed by atoms with Gasteiger partial charge in [-0.15, -0.1) is 0 Å². The Morgan fingerprint density at radius 1 is 1.00 bits per heavy atom. The number of hydrogen-bond donors (Lipinski definition) is 1. The van der Waals surface area contributed by atoms with Gasteiger partial charge in [0, 0.05) is 40.1 Å². The van der Waals surface area contributed by atoms with E-state index in [0.717, 1.165) is 35.7 Å². The maximum Gasteiger partial charge on any atom is 0.229 e. The van der Waals surface area contributed by atoms with Gasteiger partial charge in [-0.3, -0.25) is 0 Å². The maximum absolute atomic E-state index is 6.40. The topological polar surface area (TPSA) is 41.1 Å². The zero-order valence-corrected chi connectivity index (χ0v) is 18.6. The highest BCUT2D eigenvalue weighted by Crippen LogP contribution is 2.33. The fourth-order valence-corrected chi connectivity index (χ4v) is 4.51. The van der Waals surface area contributed by atoms with Crippen molar-refractivity contribution in [3.8, 4) is 0 Å². The smallest absolute Gasteiger partial charge is 0.229 e. The first kappa shape index (κ1) is 20.0. The highest BCUT2D eigenvalue weighted by atomic mass is 35.5. The predicted molar refractivity (Wildman–Crippen MR) is 122 cm³/mol. The molecule has 0 radical (unpaired) electrons. The highest BCUT2D eigenvalue weighted by Gasteiger charge is 2.25. The molecule has 4 nitrogen and oxygen atoms in total. The zero-order valence-electron chi connectivity index (χ0n) is 17.1. The van der Waals surface area contributed by atoms with Crippen molar-refractivity contribution in [2.24, 2.45) is 0 Å². The Morgan fingerprint density at radius 3 is 2.41 bits per heavy atom. The molecule has 0 saturated carbocycles. The van der Waals surface area contributed by atoms with E-state index in [1.165, 1.54) is 22.3 Å². The van der Waals surface area contributed by atoms with E-state index in [9.17, 15) is 0 Å². The number of benzene rings is 2. The summed E-state index contributed by atoms with van der Waals surface area (Å²) in [6, 6.07) is 9.99. The quantitative estimate of drug-likeness (QED) is 0.529. The lowest BCUT2D eigenvalue weighted by Crippen LogP contribution is -2.21. The van der Waals surface area contributed by atoms with Crippen LogP contribution in [-0.4, -0.2) is 16.5 Å². The Hall–Kier alpha value is -2.30. The van der Waals surface area contributed by atoms with E-state index < -0.39 is 0 Å². The molecule has 2 heterocycles. The van der Waals surface area contributed by atoms with E-state index >= 15 is 0 Å². The first-order chi connectivity index (χ1) is 13.8. The largest absolute Gasteiger partial charge is 0.351 e. The molecule has 0 aliphatic carbocycles. The molecule has 1 aromatic heterocycles. The van der Waals surface area contributed by atoms with Crippen molar-refractivity contribution in [1.82, 2.24) is 9.97 Å². The molecular formula is C23H24Cl2N4. The molecule has 0 bridgehead atoms. The minimum Gasteiger partial charge on any atom is -0.351 e. The van der Waals surface area contributed by atoms with Gasteiger partial charge in [-0.25, -0.2) is 4.98 Å². The van der Waals surface area contributed by atoms with Gasteiger partial charge >= 0.3 is 0 Å². The molecule has 3 aromatic rings. The van der Waals surface area contributed by atoms with E-state index in [2.05, 4.69) is 50.0 Å². The summed E-state index contributed by atoms with van der Waals surface area (Å²) >= 11 is 12.4. The minimum absolute atomic E-state index is 0.630. The molecule has 29 heavy (non-hydrogen) atoms. The van der Waals surface area contributed by atoms with Crippen LogP contribution in [0.25, 0.3) is 0 Å². The molecule has 6 heteroatoms. The molecular weight excluding hydrogens is 403 g/mol. The van der Waals surface area contributed by atoms with Gasteiger partial charge in [0.25, 0.3) is 0 Å². The average molecular weight is 427 g/mol. The van der Waals surface area contributed by atoms with Gasteiger partial charge in [0.15, 0.2) is 0 Å². The van der Waals surface area contributed by atoms with Gasteiger partial charge in [0.05, 0.1) is 0 Å². The fourth-order valence-electron chi connectivity index (χ4n) is 4.04. The van der Waals surface area contributed by atoms with Crippen LogP contribution >= 0.6 is 23.2 Å². The van der Waals surface area contributed by atoms with E-state index in [1.54, 1.807) is 6.07 Å². The van der Waals surface area contributed by atoms with Crippen molar-refractivity contribution >= 4 is 40.7 Å². The summed E-state index contributed by atoms with van der Waals surface area (Å²) in [6.07, 6.45) is 0.940. The van der Waals surface area contributed by atoms with Gasteiger partial charge in [-0.1, -0.05) is 47.0 Å². The number of aromatic nitrogens is 2. The molecule has 1 aliphatic heterocycles. The Morgan fingerprint density at radius 2 is 1.72 bits per heavy atom. The molecule has 0 unspecified atom stereocenters. The third kappa shape index (κ3) is 4.05. The first-order valence-corrected chi connectivity index (χ1v) is 10.5. The Kier molecular flexibility index (Phi) is 5.41. The number of fused-ring (bicyclic) bond motifs is 1. The molecule has 0 saturated heterocycles. The zero-order chi connectivity index (χ0) is 20.7. The summed E-state index contributed by atoms with van der Waals surface area (Å²) in [5, 5.41) is 4.78. The van der Waals surface area contributed by atoms with Crippen LogP contribution < -0.4 is 10.2 Å². The second-order valence-corrected chi connectivity index (χ2v) is 8.58. The van der Waals surface area contributed by atoms with Crippen LogP contribution in [0.15, 0.2) is 30.3 Å². The van der Waals surface area contributed by atoms with Crippen LogP contribution in [0.2, 0.25) is 10.0 Å². The van der Waals surface area contributed by atoms with Crippen LogP contribution in [0.1, 0.15) is 33.5 Å². The summed E-state index contributed by atoms with van der Waals surface area (Å²) < 4.78 is 0. The van der Waals surface area contributed by atoms with Crippen LogP contribution in [0.4, 0.5) is 17.5 Å². The van der Waals surface area contributed by atoms with Crippen molar-refractivity contribution in [2.75, 3.05) is 16.8 Å². The fraction of sp³-hybridized carbons (Fsp3) is 0.304. The monoisotopic (exact) mass is 426 g/mol. The summed E-state index contributed by atoms with van der Waals surface area (Å²) in [5.74, 6) is 1.61. The maximum atomic E-state index is 6.40. The van der Waals surface area contributed by atoms with E-state index in [-0.39, 0.29) is 0 Å². The summed E-state index contributed by atoms with van der Waals surface area (Å²) in [5.41, 5.74) is 7.97. The average Bonchev–Trinajstić information content (AvgIpc) is 3.04. The minimum atomic E-state index is 0.630. The lowest BCUT2D eigenvalue weighted by atomic mass is 10.1. The van der Waals surface area contributed by atoms with Crippen molar-refractivity contribution in [1.29, 1.82) is 0 Å². The van der Waals surface area contributed by atoms with Gasteiger partial charge in [-0.05, 0) is 62.9 Å². The Labute approximate surface area is 181 Å². The summed E-state index contributed by atoms with van der Waals surface area (Å²) in [7, 11) is 0. The third-order valence-corrected chi connectivity index (χ3v) is 6.00. The van der Waals surface area contributed by atoms with Crippen LogP contribution in [0.3, 0.4) is 0 Å². The highest BCUT2D eigenvalue weighted by molar-refractivity contribution is 6.35. The van der Waals surface area contributed by atoms with Crippen molar-refractivity contribution < 1.29 is 0 Å². The van der Waals surface area contributed by atoms with E-state index in [1.807, 2.05) is 12.1 Å². The standard InChI is InChI=1S/C23H24Cl2N4/c1-13-9-14(2)21(15(3)10-13)27-23-26-16(4)19-7-8-29(22(19)28-23)12-17-5-6-18(24)11-20(17)25/h5-6,9-11H,7-8,12H2,1-4H3,(H,26,27,28). The van der Waals surface area contributed by atoms with Crippen molar-refractivity contribution in [2.45, 2.75) is 40.7 Å². The SMILES string of the molecule is Cc1cc(C)c(Nc2nc(C)c3c(n2)N(Cc2ccc(Cl)cc2Cl)CC3)c(C)c1. The lowest BCUT2D eigenvalue weighted by Gasteiger charge is -2.20. The number of nitrogens with zero attached hydrogens (tertiary/aromatic N) is 3.